The number of Topliss-reactive ketones (excluding diaryl/α,β-unsaturated/α-hetero) is 2. The van der Waals surface area contributed by atoms with Gasteiger partial charge in [0, 0.05) is 136 Å². The number of fused-ring (bicyclic) bond motifs is 1. The Morgan fingerprint density at radius 2 is 0.939 bits per heavy atom. The highest BCUT2D eigenvalue weighted by Crippen LogP contribution is 2.19. The minimum atomic E-state index is -1.02. The minimum absolute atomic E-state index is 0.0531. The van der Waals surface area contributed by atoms with Crippen LogP contribution in [0.4, 0.5) is 0 Å². The number of ketones is 2. The predicted octanol–water partition coefficient (Wildman–Crippen LogP) is -0.315. The average Bonchev–Trinajstić information content (AvgIpc) is 3.95. The first kappa shape index (κ1) is 77.1. The number of nitrogens with zero attached hydrogens (tertiary/aromatic N) is 4. The summed E-state index contributed by atoms with van der Waals surface area (Å²) in [6.07, 6.45) is 6.29. The van der Waals surface area contributed by atoms with Crippen molar-refractivity contribution in [3.63, 3.8) is 0 Å². The fraction of sp³-hybridized carbons (Fsp3) is 0.648. The van der Waals surface area contributed by atoms with E-state index in [1.165, 1.54) is 38.9 Å². The Labute approximate surface area is 480 Å². The van der Waals surface area contributed by atoms with E-state index in [9.17, 15) is 63.3 Å². The summed E-state index contributed by atoms with van der Waals surface area (Å²) in [6.45, 7) is 11.8. The Bertz CT molecular complexity index is 2130. The molecule has 0 atom stereocenters. The number of H-pyrrole nitrogens is 1. The minimum Gasteiger partial charge on any atom is -0.483 e. The van der Waals surface area contributed by atoms with E-state index in [1.54, 1.807) is 21.6 Å². The summed E-state index contributed by atoms with van der Waals surface area (Å²) < 4.78 is 16.5. The van der Waals surface area contributed by atoms with Gasteiger partial charge in [-0.2, -0.15) is 0 Å². The Balaban J connectivity index is 0. The largest absolute Gasteiger partial charge is 0.483 e. The number of carbonyl (C=O) groups is 11. The van der Waals surface area contributed by atoms with Gasteiger partial charge in [0.25, 0.3) is 6.47 Å². The smallest absolute Gasteiger partial charge is 0.317 e. The number of likely N-dealkylation sites (N-methyl/N-ethyl adjacent to an activating group) is 1. The molecule has 28 heteroatoms. The topological polar surface area (TPSA) is 385 Å². The SMILES string of the molecule is CC(=O)CCc1c[nH]c2ccccc12.CC(C)=O.CCCC(=O)NCC(=O)NC.CNC(=O)CCC(=O)NCCCOCCOCCOCCCNC(=O)CN1CCN(CC(=O)O)CCN(CC(=O)O)CCN(CC(=O)O)CC1.O=CO. The quantitative estimate of drug-likeness (QED) is 0.0332. The van der Waals surface area contributed by atoms with E-state index >= 15 is 0 Å². The van der Waals surface area contributed by atoms with Gasteiger partial charge in [0.15, 0.2) is 0 Å². The number of hydrogen-bond acceptors (Lipinski definition) is 18. The Morgan fingerprint density at radius 1 is 0.549 bits per heavy atom. The van der Waals surface area contributed by atoms with Crippen LogP contribution in [0.3, 0.4) is 0 Å². The zero-order valence-corrected chi connectivity index (χ0v) is 48.8. The fourth-order valence-electron chi connectivity index (χ4n) is 7.06. The summed E-state index contributed by atoms with van der Waals surface area (Å²) in [5, 5.41) is 49.1. The third kappa shape index (κ3) is 47.8. The second-order valence-electron chi connectivity index (χ2n) is 18.5. The van der Waals surface area contributed by atoms with Gasteiger partial charge < -0.3 is 75.8 Å². The molecule has 0 aliphatic carbocycles. The van der Waals surface area contributed by atoms with Crippen molar-refractivity contribution in [1.29, 1.82) is 0 Å². The highest BCUT2D eigenvalue weighted by atomic mass is 16.5. The summed E-state index contributed by atoms with van der Waals surface area (Å²) in [4.78, 5) is 130. The Morgan fingerprint density at radius 3 is 1.35 bits per heavy atom. The zero-order valence-electron chi connectivity index (χ0n) is 48.8. The van der Waals surface area contributed by atoms with Gasteiger partial charge in [0.05, 0.1) is 59.2 Å². The number of carboxylic acid groups (broad SMARTS) is 4. The molecule has 82 heavy (non-hydrogen) atoms. The van der Waals surface area contributed by atoms with Crippen molar-refractivity contribution < 1.29 is 87.4 Å². The molecule has 0 unspecified atom stereocenters. The number of aromatic amines is 1. The van der Waals surface area contributed by atoms with Crippen LogP contribution in [0.1, 0.15) is 78.2 Å². The highest BCUT2D eigenvalue weighted by Gasteiger charge is 2.21. The van der Waals surface area contributed by atoms with Crippen molar-refractivity contribution in [3.8, 4) is 0 Å². The molecular weight excluding hydrogens is 1080 g/mol. The number of aliphatic carboxylic acids is 3. The van der Waals surface area contributed by atoms with Gasteiger partial charge in [-0.1, -0.05) is 25.1 Å². The number of hydrogen-bond donors (Lipinski definition) is 10. The fourth-order valence-corrected chi connectivity index (χ4v) is 7.06. The molecule has 1 fully saturated rings. The third-order valence-corrected chi connectivity index (χ3v) is 11.2. The molecule has 466 valence electrons. The summed E-state index contributed by atoms with van der Waals surface area (Å²) in [5.74, 6) is -3.43. The molecule has 2 heterocycles. The molecule has 0 spiro atoms. The van der Waals surface area contributed by atoms with Gasteiger partial charge in [0.1, 0.15) is 11.6 Å². The molecule has 1 aromatic heterocycles. The monoisotopic (exact) mass is 1170 g/mol. The number of benzene rings is 1. The molecular formula is C54H92N10O18. The lowest BCUT2D eigenvalue weighted by Gasteiger charge is -2.32. The number of amides is 5. The van der Waals surface area contributed by atoms with Gasteiger partial charge in [0.2, 0.25) is 29.5 Å². The van der Waals surface area contributed by atoms with E-state index in [0.717, 1.165) is 18.4 Å². The maximum Gasteiger partial charge on any atom is 0.317 e. The van der Waals surface area contributed by atoms with Gasteiger partial charge in [-0.05, 0) is 58.1 Å². The lowest BCUT2D eigenvalue weighted by Crippen LogP contribution is -2.49. The van der Waals surface area contributed by atoms with E-state index in [2.05, 4.69) is 37.6 Å². The van der Waals surface area contributed by atoms with Gasteiger partial charge in [-0.25, -0.2) is 0 Å². The van der Waals surface area contributed by atoms with Crippen LogP contribution in [0.15, 0.2) is 30.5 Å². The number of aromatic nitrogens is 1. The van der Waals surface area contributed by atoms with Crippen LogP contribution in [-0.4, -0.2) is 262 Å². The van der Waals surface area contributed by atoms with Crippen molar-refractivity contribution >= 4 is 76.4 Å². The Kier molecular flexibility index (Phi) is 47.9. The van der Waals surface area contributed by atoms with Crippen LogP contribution in [-0.2, 0) is 73.4 Å². The maximum atomic E-state index is 12.7. The molecule has 2 aromatic rings. The second-order valence-corrected chi connectivity index (χ2v) is 18.5. The van der Waals surface area contributed by atoms with Gasteiger partial charge >= 0.3 is 17.9 Å². The van der Waals surface area contributed by atoms with E-state index in [4.69, 9.17) is 24.1 Å². The van der Waals surface area contributed by atoms with Crippen molar-refractivity contribution in [3.05, 3.63) is 36.0 Å². The molecule has 0 bridgehead atoms. The number of para-hydroxylation sites is 1. The number of carboxylic acids is 3. The number of ether oxygens (including phenoxy) is 3. The molecule has 5 amide bonds. The molecule has 28 nitrogen and oxygen atoms in total. The van der Waals surface area contributed by atoms with E-state index in [0.29, 0.717) is 131 Å². The van der Waals surface area contributed by atoms with Crippen molar-refractivity contribution in [1.82, 2.24) is 51.2 Å². The molecule has 1 saturated heterocycles. The summed E-state index contributed by atoms with van der Waals surface area (Å²) in [6, 6.07) is 8.16. The number of carbonyl (C=O) groups excluding carboxylic acids is 7. The first-order valence-corrected chi connectivity index (χ1v) is 27.2. The third-order valence-electron chi connectivity index (χ3n) is 11.2. The summed E-state index contributed by atoms with van der Waals surface area (Å²) >= 11 is 0. The first-order chi connectivity index (χ1) is 39.1. The van der Waals surface area contributed by atoms with E-state index < -0.39 is 17.9 Å². The first-order valence-electron chi connectivity index (χ1n) is 27.2. The van der Waals surface area contributed by atoms with Crippen LogP contribution < -0.4 is 26.6 Å². The van der Waals surface area contributed by atoms with Crippen molar-refractivity contribution in [2.45, 2.75) is 79.1 Å². The highest BCUT2D eigenvalue weighted by molar-refractivity contribution is 5.85. The lowest BCUT2D eigenvalue weighted by molar-refractivity contribution is -0.140. The van der Waals surface area contributed by atoms with Crippen LogP contribution in [0, 0.1) is 0 Å². The standard InChI is InChI=1S/C31H57N7O12.C12H13NO.C7H14N2O2.C3H6O.CH2O2/c1-32-26(39)4-5-27(40)33-6-2-16-48-18-20-50-21-19-49-17-3-7-34-28(41)22-35-8-10-36(23-29(42)43)12-14-38(25-31(46)47)15-13-37(11-9-35)24-30(44)45;1-9(14)6-7-10-8-13-12-5-3-2-4-11(10)12;1-3-4-6(10)9-5-7(11)8-2;1-3(2)4;2-1-3/h2-25H2,1H3,(H,32,39)(H,33,40)(H,34,41)(H,42,43)(H,44,45)(H,46,47);2-5,8,13H,6-7H2,1H3;3-5H2,1-2H3,(H,8,11)(H,9,10);1-2H3;1H,(H,2,3). The second kappa shape index (κ2) is 51.0. The van der Waals surface area contributed by atoms with E-state index in [-0.39, 0.29) is 93.1 Å². The van der Waals surface area contributed by atoms with Crippen LogP contribution in [0.25, 0.3) is 10.9 Å². The molecule has 0 radical (unpaired) electrons. The maximum absolute atomic E-state index is 12.7. The molecule has 3 rings (SSSR count). The van der Waals surface area contributed by atoms with Gasteiger partial charge in [-0.15, -0.1) is 0 Å². The van der Waals surface area contributed by atoms with Gasteiger partial charge in [-0.3, -0.25) is 62.8 Å². The van der Waals surface area contributed by atoms with E-state index in [1.807, 2.05) is 36.2 Å². The molecule has 1 aliphatic heterocycles. The number of rotatable bonds is 32. The van der Waals surface area contributed by atoms with Crippen molar-refractivity contribution in [2.75, 3.05) is 152 Å². The van der Waals surface area contributed by atoms with Crippen molar-refractivity contribution in [2.24, 2.45) is 0 Å². The van der Waals surface area contributed by atoms with Crippen LogP contribution in [0.5, 0.6) is 0 Å². The molecule has 0 saturated carbocycles. The average molecular weight is 1170 g/mol. The molecule has 1 aromatic carbocycles. The number of nitrogens with one attached hydrogen (secondary N) is 6. The lowest BCUT2D eigenvalue weighted by atomic mass is 10.1. The predicted molar refractivity (Wildman–Crippen MR) is 304 cm³/mol. The summed E-state index contributed by atoms with van der Waals surface area (Å²) in [7, 11) is 3.06. The molecule has 1 aliphatic rings. The zero-order chi connectivity index (χ0) is 61.9. The molecule has 10 N–H and O–H groups in total. The van der Waals surface area contributed by atoms with Crippen LogP contribution >= 0.6 is 0 Å². The summed E-state index contributed by atoms with van der Waals surface area (Å²) in [5.41, 5.74) is 2.38. The Hall–Kier alpha value is -6.95. The number of aryl methyl sites for hydroxylation is 1. The normalized spacial score (nSPS) is 13.1. The van der Waals surface area contributed by atoms with Crippen LogP contribution in [0.2, 0.25) is 0 Å².